The van der Waals surface area contributed by atoms with Gasteiger partial charge in [0.05, 0.1) is 18.1 Å². The SMILES string of the molecule is COc1cccc(CN(CC2CCCO2)C(=O)c2ccc(S(=O)(=O)N3CCC(C)CC3)cc2)c1. The maximum absolute atomic E-state index is 13.5. The summed E-state index contributed by atoms with van der Waals surface area (Å²) in [5.41, 5.74) is 1.43. The number of ether oxygens (including phenoxy) is 2. The van der Waals surface area contributed by atoms with Crippen LogP contribution in [0.4, 0.5) is 0 Å². The number of sulfonamides is 1. The molecule has 1 atom stereocenters. The first-order chi connectivity index (χ1) is 16.4. The quantitative estimate of drug-likeness (QED) is 0.565. The van der Waals surface area contributed by atoms with Crippen molar-refractivity contribution in [2.45, 2.75) is 50.2 Å². The lowest BCUT2D eigenvalue weighted by Gasteiger charge is -2.29. The van der Waals surface area contributed by atoms with Crippen LogP contribution >= 0.6 is 0 Å². The van der Waals surface area contributed by atoms with Gasteiger partial charge in [-0.05, 0) is 73.6 Å². The minimum absolute atomic E-state index is 0.00991. The molecule has 2 aromatic rings. The predicted octanol–water partition coefficient (Wildman–Crippen LogP) is 3.94. The molecule has 2 fully saturated rings. The van der Waals surface area contributed by atoms with E-state index in [2.05, 4.69) is 6.92 Å². The minimum atomic E-state index is -3.55. The maximum atomic E-state index is 13.5. The molecule has 0 aromatic heterocycles. The van der Waals surface area contributed by atoms with E-state index in [1.807, 2.05) is 24.3 Å². The average Bonchev–Trinajstić information content (AvgIpc) is 3.37. The molecule has 2 saturated heterocycles. The Labute approximate surface area is 202 Å². The summed E-state index contributed by atoms with van der Waals surface area (Å²) < 4.78 is 38.8. The lowest BCUT2D eigenvalue weighted by molar-refractivity contribution is 0.0507. The molecule has 4 rings (SSSR count). The zero-order valence-electron chi connectivity index (χ0n) is 20.0. The highest BCUT2D eigenvalue weighted by molar-refractivity contribution is 7.89. The van der Waals surface area contributed by atoms with E-state index in [1.165, 1.54) is 0 Å². The molecule has 184 valence electrons. The van der Waals surface area contributed by atoms with E-state index in [-0.39, 0.29) is 16.9 Å². The van der Waals surface area contributed by atoms with E-state index in [0.717, 1.165) is 37.0 Å². The molecule has 34 heavy (non-hydrogen) atoms. The van der Waals surface area contributed by atoms with Gasteiger partial charge >= 0.3 is 0 Å². The summed E-state index contributed by atoms with van der Waals surface area (Å²) in [4.78, 5) is 15.5. The van der Waals surface area contributed by atoms with E-state index in [1.54, 1.807) is 40.6 Å². The Morgan fingerprint density at radius 1 is 1.12 bits per heavy atom. The van der Waals surface area contributed by atoms with E-state index in [0.29, 0.717) is 44.3 Å². The number of carbonyl (C=O) groups excluding carboxylic acids is 1. The third-order valence-electron chi connectivity index (χ3n) is 6.72. The first kappa shape index (κ1) is 24.7. The Kier molecular flexibility index (Phi) is 7.91. The summed E-state index contributed by atoms with van der Waals surface area (Å²) in [6, 6.07) is 14.0. The summed E-state index contributed by atoms with van der Waals surface area (Å²) in [6.45, 7) is 4.86. The van der Waals surface area contributed by atoms with Crippen LogP contribution in [0.15, 0.2) is 53.4 Å². The molecule has 8 heteroatoms. The average molecular weight is 487 g/mol. The van der Waals surface area contributed by atoms with E-state index < -0.39 is 10.0 Å². The molecule has 1 unspecified atom stereocenters. The van der Waals surface area contributed by atoms with Gasteiger partial charge in [-0.1, -0.05) is 19.1 Å². The van der Waals surface area contributed by atoms with E-state index in [4.69, 9.17) is 9.47 Å². The molecule has 0 bridgehead atoms. The number of hydrogen-bond acceptors (Lipinski definition) is 5. The molecule has 7 nitrogen and oxygen atoms in total. The van der Waals surface area contributed by atoms with Crippen LogP contribution < -0.4 is 4.74 Å². The van der Waals surface area contributed by atoms with Crippen molar-refractivity contribution < 1.29 is 22.7 Å². The monoisotopic (exact) mass is 486 g/mol. The van der Waals surface area contributed by atoms with Crippen molar-refractivity contribution in [3.8, 4) is 5.75 Å². The third-order valence-corrected chi connectivity index (χ3v) is 8.64. The Bertz CT molecular complexity index is 1070. The Morgan fingerprint density at radius 3 is 2.50 bits per heavy atom. The zero-order chi connectivity index (χ0) is 24.1. The molecule has 0 saturated carbocycles. The van der Waals surface area contributed by atoms with Crippen molar-refractivity contribution in [1.82, 2.24) is 9.21 Å². The van der Waals surface area contributed by atoms with Crippen molar-refractivity contribution in [3.05, 3.63) is 59.7 Å². The molecular weight excluding hydrogens is 452 g/mol. The third kappa shape index (κ3) is 5.79. The van der Waals surface area contributed by atoms with Crippen LogP contribution in [-0.4, -0.2) is 63.0 Å². The van der Waals surface area contributed by atoms with Crippen LogP contribution in [0.1, 0.15) is 48.5 Å². The van der Waals surface area contributed by atoms with Gasteiger partial charge in [-0.25, -0.2) is 8.42 Å². The van der Waals surface area contributed by atoms with E-state index >= 15 is 0 Å². The Hall–Kier alpha value is -2.42. The summed E-state index contributed by atoms with van der Waals surface area (Å²) in [5, 5.41) is 0. The molecule has 2 aliphatic rings. The lowest BCUT2D eigenvalue weighted by Crippen LogP contribution is -2.38. The molecule has 0 aliphatic carbocycles. The van der Waals surface area contributed by atoms with Gasteiger partial charge in [-0.3, -0.25) is 4.79 Å². The zero-order valence-corrected chi connectivity index (χ0v) is 20.8. The van der Waals surface area contributed by atoms with Gasteiger partial charge in [0, 0.05) is 38.3 Å². The van der Waals surface area contributed by atoms with E-state index in [9.17, 15) is 13.2 Å². The minimum Gasteiger partial charge on any atom is -0.497 e. The predicted molar refractivity (Wildman–Crippen MR) is 130 cm³/mol. The normalized spacial score (nSPS) is 19.8. The number of hydrogen-bond donors (Lipinski definition) is 0. The fourth-order valence-corrected chi connectivity index (χ4v) is 6.04. The van der Waals surface area contributed by atoms with Gasteiger partial charge in [0.2, 0.25) is 10.0 Å². The summed E-state index contributed by atoms with van der Waals surface area (Å²) >= 11 is 0. The van der Waals surface area contributed by atoms with Crippen LogP contribution in [0.25, 0.3) is 0 Å². The van der Waals surface area contributed by atoms with Crippen LogP contribution in [0.5, 0.6) is 5.75 Å². The first-order valence-corrected chi connectivity index (χ1v) is 13.4. The topological polar surface area (TPSA) is 76.1 Å². The summed E-state index contributed by atoms with van der Waals surface area (Å²) in [5.74, 6) is 1.14. The van der Waals surface area contributed by atoms with Crippen LogP contribution in [-0.2, 0) is 21.3 Å². The van der Waals surface area contributed by atoms with Crippen molar-refractivity contribution >= 4 is 15.9 Å². The summed E-state index contributed by atoms with van der Waals surface area (Å²) in [6.07, 6.45) is 3.67. The molecule has 0 radical (unpaired) electrons. The van der Waals surface area contributed by atoms with Crippen molar-refractivity contribution in [1.29, 1.82) is 0 Å². The number of rotatable bonds is 8. The Balaban J connectivity index is 1.52. The fourth-order valence-electron chi connectivity index (χ4n) is 4.57. The van der Waals surface area contributed by atoms with Gasteiger partial charge in [0.25, 0.3) is 5.91 Å². The largest absolute Gasteiger partial charge is 0.497 e. The first-order valence-electron chi connectivity index (χ1n) is 12.0. The van der Waals surface area contributed by atoms with Crippen LogP contribution in [0.2, 0.25) is 0 Å². The molecular formula is C26H34N2O5S. The highest BCUT2D eigenvalue weighted by Gasteiger charge is 2.29. The van der Waals surface area contributed by atoms with Gasteiger partial charge < -0.3 is 14.4 Å². The second-order valence-corrected chi connectivity index (χ2v) is 11.2. The van der Waals surface area contributed by atoms with Crippen molar-refractivity contribution in [2.75, 3.05) is 33.4 Å². The smallest absolute Gasteiger partial charge is 0.254 e. The molecule has 0 N–H and O–H groups in total. The number of piperidine rings is 1. The second kappa shape index (κ2) is 10.9. The second-order valence-electron chi connectivity index (χ2n) is 9.28. The van der Waals surface area contributed by atoms with Crippen molar-refractivity contribution in [2.24, 2.45) is 5.92 Å². The number of benzene rings is 2. The fraction of sp³-hybridized carbons (Fsp3) is 0.500. The maximum Gasteiger partial charge on any atom is 0.254 e. The number of nitrogens with zero attached hydrogens (tertiary/aromatic N) is 2. The Morgan fingerprint density at radius 2 is 1.85 bits per heavy atom. The van der Waals surface area contributed by atoms with Crippen molar-refractivity contribution in [3.63, 3.8) is 0 Å². The highest BCUT2D eigenvalue weighted by atomic mass is 32.2. The lowest BCUT2D eigenvalue weighted by atomic mass is 10.0. The van der Waals surface area contributed by atoms with Crippen LogP contribution in [0.3, 0.4) is 0 Å². The number of methoxy groups -OCH3 is 1. The molecule has 0 spiro atoms. The van der Waals surface area contributed by atoms with Gasteiger partial charge in [0.1, 0.15) is 5.75 Å². The van der Waals surface area contributed by atoms with Gasteiger partial charge in [-0.15, -0.1) is 0 Å². The van der Waals surface area contributed by atoms with Gasteiger partial charge in [0.15, 0.2) is 0 Å². The standard InChI is InChI=1S/C26H34N2O5S/c1-20-12-14-28(15-13-20)34(30,31)25-10-8-22(9-11-25)26(29)27(19-24-7-4-16-33-24)18-21-5-3-6-23(17-21)32-2/h3,5-6,8-11,17,20,24H,4,7,12-16,18-19H2,1-2H3. The molecule has 2 aliphatic heterocycles. The van der Waals surface area contributed by atoms with Gasteiger partial charge in [-0.2, -0.15) is 4.31 Å². The number of carbonyl (C=O) groups is 1. The van der Waals surface area contributed by atoms with Crippen LogP contribution in [0, 0.1) is 5.92 Å². The summed E-state index contributed by atoms with van der Waals surface area (Å²) in [7, 11) is -1.93. The molecule has 2 heterocycles. The molecule has 2 aromatic carbocycles. The highest BCUT2D eigenvalue weighted by Crippen LogP contribution is 2.25. The number of amides is 1. The molecule has 1 amide bonds.